The highest BCUT2D eigenvalue weighted by molar-refractivity contribution is 7.99. The van der Waals surface area contributed by atoms with E-state index >= 15 is 0 Å². The molecule has 1 aromatic carbocycles. The highest BCUT2D eigenvalue weighted by Crippen LogP contribution is 2.20. The summed E-state index contributed by atoms with van der Waals surface area (Å²) < 4.78 is 0. The molecule has 2 atom stereocenters. The van der Waals surface area contributed by atoms with Gasteiger partial charge < -0.3 is 15.5 Å². The van der Waals surface area contributed by atoms with E-state index in [0.717, 1.165) is 36.7 Å². The van der Waals surface area contributed by atoms with Crippen molar-refractivity contribution in [2.75, 3.05) is 31.3 Å². The number of nitrogens with zero attached hydrogens (tertiary/aromatic N) is 4. The highest BCUT2D eigenvalue weighted by atomic mass is 32.2. The van der Waals surface area contributed by atoms with Crippen molar-refractivity contribution in [3.63, 3.8) is 0 Å². The summed E-state index contributed by atoms with van der Waals surface area (Å²) in [5.41, 5.74) is 1.28. The van der Waals surface area contributed by atoms with Crippen LogP contribution in [0.3, 0.4) is 0 Å². The zero-order valence-electron chi connectivity index (χ0n) is 14.7. The van der Waals surface area contributed by atoms with Crippen LogP contribution in [0.4, 0.5) is 0 Å². The molecule has 0 radical (unpaired) electrons. The highest BCUT2D eigenvalue weighted by Gasteiger charge is 2.33. The maximum Gasteiger partial charge on any atom is 0.251 e. The van der Waals surface area contributed by atoms with E-state index in [2.05, 4.69) is 31.3 Å². The molecule has 2 unspecified atom stereocenters. The lowest BCUT2D eigenvalue weighted by molar-refractivity contribution is -0.131. The minimum Gasteiger partial charge on any atom is -0.352 e. The van der Waals surface area contributed by atoms with Crippen LogP contribution in [0, 0.1) is 5.92 Å². The van der Waals surface area contributed by atoms with Gasteiger partial charge in [-0.05, 0) is 29.7 Å². The standard InChI is InChI=1S/C17H21N7O2S/c25-16(13-3-1-2-12(7-13)15-20-22-23-21-15)19-9-11-6-14(18-8-11)17(26)24-4-5-27-10-24/h1-3,7,11,14,18H,4-6,8-10H2,(H,19,25)(H,20,21,22,23). The lowest BCUT2D eigenvalue weighted by Crippen LogP contribution is -2.42. The Morgan fingerprint density at radius 2 is 2.30 bits per heavy atom. The molecule has 0 spiro atoms. The van der Waals surface area contributed by atoms with Crippen molar-refractivity contribution in [1.82, 2.24) is 36.2 Å². The average Bonchev–Trinajstić information content (AvgIpc) is 3.48. The van der Waals surface area contributed by atoms with Gasteiger partial charge in [0.1, 0.15) is 0 Å². The van der Waals surface area contributed by atoms with Crippen molar-refractivity contribution in [3.8, 4) is 11.4 Å². The van der Waals surface area contributed by atoms with Crippen molar-refractivity contribution < 1.29 is 9.59 Å². The van der Waals surface area contributed by atoms with Gasteiger partial charge in [-0.2, -0.15) is 5.21 Å². The summed E-state index contributed by atoms with van der Waals surface area (Å²) in [6.45, 7) is 2.11. The summed E-state index contributed by atoms with van der Waals surface area (Å²) in [4.78, 5) is 26.8. The van der Waals surface area contributed by atoms with Crippen molar-refractivity contribution in [1.29, 1.82) is 0 Å². The van der Waals surface area contributed by atoms with Crippen molar-refractivity contribution >= 4 is 23.6 Å². The number of amides is 2. The van der Waals surface area contributed by atoms with E-state index in [-0.39, 0.29) is 23.8 Å². The van der Waals surface area contributed by atoms with Gasteiger partial charge >= 0.3 is 0 Å². The average molecular weight is 387 g/mol. The summed E-state index contributed by atoms with van der Waals surface area (Å²) in [5, 5.41) is 20.1. The van der Waals surface area contributed by atoms with Gasteiger partial charge in [-0.25, -0.2) is 0 Å². The molecule has 2 aliphatic rings. The molecule has 142 valence electrons. The molecular weight excluding hydrogens is 366 g/mol. The molecule has 27 heavy (non-hydrogen) atoms. The third-order valence-electron chi connectivity index (χ3n) is 4.86. The monoisotopic (exact) mass is 387 g/mol. The van der Waals surface area contributed by atoms with Crippen LogP contribution < -0.4 is 10.6 Å². The molecule has 2 aliphatic heterocycles. The number of H-pyrrole nitrogens is 1. The number of thioether (sulfide) groups is 1. The summed E-state index contributed by atoms with van der Waals surface area (Å²) in [7, 11) is 0. The first kappa shape index (κ1) is 17.9. The molecular formula is C17H21N7O2S. The van der Waals surface area contributed by atoms with Crippen LogP contribution in [0.2, 0.25) is 0 Å². The van der Waals surface area contributed by atoms with Gasteiger partial charge in [0.15, 0.2) is 0 Å². The zero-order valence-corrected chi connectivity index (χ0v) is 15.5. The van der Waals surface area contributed by atoms with Gasteiger partial charge in [0.25, 0.3) is 5.91 Å². The van der Waals surface area contributed by atoms with Crippen molar-refractivity contribution in [2.45, 2.75) is 12.5 Å². The molecule has 2 fully saturated rings. The number of aromatic amines is 1. The maximum absolute atomic E-state index is 12.5. The summed E-state index contributed by atoms with van der Waals surface area (Å²) in [5.74, 6) is 2.54. The number of carbonyl (C=O) groups excluding carboxylic acids is 2. The Morgan fingerprint density at radius 1 is 1.37 bits per heavy atom. The predicted octanol–water partition coefficient (Wildman–Crippen LogP) is 0.108. The fraction of sp³-hybridized carbons (Fsp3) is 0.471. The second-order valence-corrected chi connectivity index (χ2v) is 7.80. The Bertz CT molecular complexity index is 807. The fourth-order valence-corrected chi connectivity index (χ4v) is 4.34. The molecule has 2 aromatic rings. The molecule has 2 amide bonds. The normalized spacial score (nSPS) is 22.1. The lowest BCUT2D eigenvalue weighted by Gasteiger charge is -2.19. The van der Waals surface area contributed by atoms with Crippen LogP contribution in [0.15, 0.2) is 24.3 Å². The van der Waals surface area contributed by atoms with Gasteiger partial charge in [0, 0.05) is 36.5 Å². The summed E-state index contributed by atoms with van der Waals surface area (Å²) in [6.07, 6.45) is 0.753. The molecule has 4 rings (SSSR count). The Kier molecular flexibility index (Phi) is 5.35. The number of nitrogens with one attached hydrogen (secondary N) is 3. The first-order chi connectivity index (χ1) is 13.2. The molecule has 10 heteroatoms. The van der Waals surface area contributed by atoms with E-state index < -0.39 is 0 Å². The van der Waals surface area contributed by atoms with E-state index in [4.69, 9.17) is 0 Å². The summed E-state index contributed by atoms with van der Waals surface area (Å²) in [6, 6.07) is 6.98. The van der Waals surface area contributed by atoms with Crippen molar-refractivity contribution in [2.24, 2.45) is 5.92 Å². The number of rotatable bonds is 5. The third-order valence-corrected chi connectivity index (χ3v) is 5.83. The number of tetrazole rings is 1. The topological polar surface area (TPSA) is 116 Å². The number of aromatic nitrogens is 4. The van der Waals surface area contributed by atoms with Gasteiger partial charge in [-0.15, -0.1) is 22.0 Å². The molecule has 0 aliphatic carbocycles. The zero-order chi connectivity index (χ0) is 18.6. The lowest BCUT2D eigenvalue weighted by atomic mass is 10.0. The van der Waals surface area contributed by atoms with E-state index in [1.165, 1.54) is 0 Å². The van der Waals surface area contributed by atoms with Gasteiger partial charge in [-0.3, -0.25) is 9.59 Å². The third kappa shape index (κ3) is 4.11. The largest absolute Gasteiger partial charge is 0.352 e. The minimum absolute atomic E-state index is 0.132. The Hall–Kier alpha value is -2.46. The first-order valence-corrected chi connectivity index (χ1v) is 10.1. The first-order valence-electron chi connectivity index (χ1n) is 8.92. The van der Waals surface area contributed by atoms with E-state index in [9.17, 15) is 9.59 Å². The van der Waals surface area contributed by atoms with Gasteiger partial charge in [0.05, 0.1) is 11.9 Å². The molecule has 3 N–H and O–H groups in total. The Balaban J connectivity index is 1.30. The Morgan fingerprint density at radius 3 is 3.07 bits per heavy atom. The second-order valence-electron chi connectivity index (χ2n) is 6.73. The molecule has 1 aromatic heterocycles. The smallest absolute Gasteiger partial charge is 0.251 e. The van der Waals surface area contributed by atoms with Crippen LogP contribution in [0.5, 0.6) is 0 Å². The molecule has 2 saturated heterocycles. The number of benzene rings is 1. The van der Waals surface area contributed by atoms with Crippen LogP contribution in [0.1, 0.15) is 16.8 Å². The SMILES string of the molecule is O=C(NCC1CNC(C(=O)N2CCSC2)C1)c1cccc(-c2nn[nH]n2)c1. The van der Waals surface area contributed by atoms with Crippen molar-refractivity contribution in [3.05, 3.63) is 29.8 Å². The maximum atomic E-state index is 12.5. The molecule has 9 nitrogen and oxygen atoms in total. The number of carbonyl (C=O) groups is 2. The van der Waals surface area contributed by atoms with E-state index in [1.807, 2.05) is 11.0 Å². The van der Waals surface area contributed by atoms with Gasteiger partial charge in [-0.1, -0.05) is 12.1 Å². The van der Waals surface area contributed by atoms with Crippen LogP contribution >= 0.6 is 11.8 Å². The quantitative estimate of drug-likeness (QED) is 0.667. The predicted molar refractivity (Wildman–Crippen MR) is 101 cm³/mol. The van der Waals surface area contributed by atoms with Crippen LogP contribution in [0.25, 0.3) is 11.4 Å². The summed E-state index contributed by atoms with van der Waals surface area (Å²) >= 11 is 1.79. The van der Waals surface area contributed by atoms with Crippen LogP contribution in [-0.4, -0.2) is 74.6 Å². The number of hydrogen-bond donors (Lipinski definition) is 3. The van der Waals surface area contributed by atoms with E-state index in [1.54, 1.807) is 30.0 Å². The Labute approximate surface area is 160 Å². The minimum atomic E-state index is -0.147. The van der Waals surface area contributed by atoms with E-state index in [0.29, 0.717) is 17.9 Å². The number of hydrogen-bond acceptors (Lipinski definition) is 7. The second kappa shape index (κ2) is 8.05. The molecule has 0 bridgehead atoms. The fourth-order valence-electron chi connectivity index (χ4n) is 3.38. The van der Waals surface area contributed by atoms with Gasteiger partial charge in [0.2, 0.25) is 11.7 Å². The van der Waals surface area contributed by atoms with Crippen LogP contribution in [-0.2, 0) is 4.79 Å². The molecule has 0 saturated carbocycles. The molecule has 3 heterocycles.